The lowest BCUT2D eigenvalue weighted by Gasteiger charge is -2.26. The standard InChI is InChI=1S/C22H26N4OS/c1-16-5-9-18(10-6-16)21-23-25(15-24-13-3-4-20(27)14-24)22(28)26(21)19-11-7-17(2)8-12-19/h5-12,20,27H,3-4,13-15H2,1-2H3/p+1/t20-/m0/s1. The zero-order valence-corrected chi connectivity index (χ0v) is 17.2. The van der Waals surface area contributed by atoms with Gasteiger partial charge < -0.3 is 10.0 Å². The highest BCUT2D eigenvalue weighted by atomic mass is 32.1. The molecule has 28 heavy (non-hydrogen) atoms. The molecule has 1 unspecified atom stereocenters. The number of likely N-dealkylation sites (tertiary alicyclic amines) is 1. The van der Waals surface area contributed by atoms with Gasteiger partial charge in [-0.2, -0.15) is 4.68 Å². The Bertz CT molecular complexity index is 1000. The van der Waals surface area contributed by atoms with E-state index in [1.807, 2.05) is 4.68 Å². The molecule has 3 aromatic rings. The minimum absolute atomic E-state index is 0.228. The summed E-state index contributed by atoms with van der Waals surface area (Å²) in [4.78, 5) is 1.32. The van der Waals surface area contributed by atoms with Crippen LogP contribution in [-0.2, 0) is 6.67 Å². The number of nitrogens with zero attached hydrogens (tertiary/aromatic N) is 3. The molecular formula is C22H27N4OS+. The molecule has 2 aromatic carbocycles. The fourth-order valence-corrected chi connectivity index (χ4v) is 4.10. The maximum Gasteiger partial charge on any atom is 0.207 e. The van der Waals surface area contributed by atoms with Gasteiger partial charge in [0.25, 0.3) is 0 Å². The quantitative estimate of drug-likeness (QED) is 0.668. The van der Waals surface area contributed by atoms with Crippen LogP contribution < -0.4 is 4.90 Å². The number of hydrogen-bond donors (Lipinski definition) is 2. The maximum atomic E-state index is 10.0. The van der Waals surface area contributed by atoms with Gasteiger partial charge in [0, 0.05) is 11.3 Å². The number of aliphatic hydroxyl groups excluding tert-OH is 1. The van der Waals surface area contributed by atoms with E-state index in [0.717, 1.165) is 43.0 Å². The van der Waals surface area contributed by atoms with Gasteiger partial charge in [-0.3, -0.25) is 4.57 Å². The first kappa shape index (κ1) is 19.1. The van der Waals surface area contributed by atoms with Crippen molar-refractivity contribution in [3.63, 3.8) is 0 Å². The Balaban J connectivity index is 1.78. The van der Waals surface area contributed by atoms with Crippen LogP contribution in [0.1, 0.15) is 24.0 Å². The largest absolute Gasteiger partial charge is 0.387 e. The van der Waals surface area contributed by atoms with Crippen molar-refractivity contribution >= 4 is 12.2 Å². The van der Waals surface area contributed by atoms with Crippen LogP contribution in [0.5, 0.6) is 0 Å². The molecule has 4 rings (SSSR count). The summed E-state index contributed by atoms with van der Waals surface area (Å²) in [5, 5.41) is 14.9. The number of benzene rings is 2. The number of quaternary nitrogens is 1. The Morgan fingerprint density at radius 3 is 2.36 bits per heavy atom. The topological polar surface area (TPSA) is 47.4 Å². The zero-order valence-electron chi connectivity index (χ0n) is 16.4. The third-order valence-electron chi connectivity index (χ3n) is 5.41. The van der Waals surface area contributed by atoms with E-state index in [2.05, 4.69) is 66.9 Å². The van der Waals surface area contributed by atoms with E-state index in [-0.39, 0.29) is 6.10 Å². The first-order valence-corrected chi connectivity index (χ1v) is 10.3. The van der Waals surface area contributed by atoms with Crippen LogP contribution in [0, 0.1) is 18.6 Å². The maximum absolute atomic E-state index is 10.0. The van der Waals surface area contributed by atoms with Crippen LogP contribution in [0.3, 0.4) is 0 Å². The number of aromatic nitrogens is 3. The molecule has 6 heteroatoms. The molecule has 0 radical (unpaired) electrons. The summed E-state index contributed by atoms with van der Waals surface area (Å²) in [7, 11) is 0. The monoisotopic (exact) mass is 395 g/mol. The Hall–Kier alpha value is -2.28. The lowest BCUT2D eigenvalue weighted by molar-refractivity contribution is -0.931. The summed E-state index contributed by atoms with van der Waals surface area (Å²) in [6.45, 7) is 6.63. The summed E-state index contributed by atoms with van der Waals surface area (Å²) in [5.41, 5.74) is 4.50. The molecule has 1 aromatic heterocycles. The van der Waals surface area contributed by atoms with Gasteiger partial charge in [-0.1, -0.05) is 47.5 Å². The van der Waals surface area contributed by atoms with Gasteiger partial charge in [0.2, 0.25) is 4.77 Å². The molecular weight excluding hydrogens is 368 g/mol. The molecule has 2 N–H and O–H groups in total. The fourth-order valence-electron chi connectivity index (χ4n) is 3.81. The second kappa shape index (κ2) is 7.99. The molecule has 0 spiro atoms. The Kier molecular flexibility index (Phi) is 5.44. The van der Waals surface area contributed by atoms with Gasteiger partial charge in [-0.05, 0) is 51.0 Å². The van der Waals surface area contributed by atoms with Gasteiger partial charge in [-0.25, -0.2) is 0 Å². The average Bonchev–Trinajstić information content (AvgIpc) is 2.99. The van der Waals surface area contributed by atoms with E-state index in [1.54, 1.807) is 0 Å². The molecule has 1 aliphatic heterocycles. The second-order valence-corrected chi connectivity index (χ2v) is 8.17. The van der Waals surface area contributed by atoms with Gasteiger partial charge in [-0.15, -0.1) is 5.10 Å². The van der Waals surface area contributed by atoms with Gasteiger partial charge in [0.15, 0.2) is 12.5 Å². The average molecular weight is 396 g/mol. The third kappa shape index (κ3) is 3.94. The molecule has 2 atom stereocenters. The molecule has 5 nitrogen and oxygen atoms in total. The summed E-state index contributed by atoms with van der Waals surface area (Å²) in [6, 6.07) is 16.8. The summed E-state index contributed by atoms with van der Waals surface area (Å²) < 4.78 is 4.66. The number of nitrogens with one attached hydrogen (secondary N) is 1. The van der Waals surface area contributed by atoms with Crippen molar-refractivity contribution in [2.24, 2.45) is 0 Å². The van der Waals surface area contributed by atoms with Crippen molar-refractivity contribution < 1.29 is 10.0 Å². The van der Waals surface area contributed by atoms with Crippen LogP contribution in [0.2, 0.25) is 0 Å². The summed E-state index contributed by atoms with van der Waals surface area (Å²) >= 11 is 5.84. The van der Waals surface area contributed by atoms with Crippen molar-refractivity contribution in [3.05, 3.63) is 64.4 Å². The van der Waals surface area contributed by atoms with E-state index in [0.29, 0.717) is 11.4 Å². The molecule has 2 heterocycles. The smallest absolute Gasteiger partial charge is 0.207 e. The van der Waals surface area contributed by atoms with Crippen LogP contribution in [0.25, 0.3) is 17.1 Å². The van der Waals surface area contributed by atoms with Gasteiger partial charge >= 0.3 is 0 Å². The van der Waals surface area contributed by atoms with Crippen molar-refractivity contribution in [2.75, 3.05) is 13.1 Å². The highest BCUT2D eigenvalue weighted by molar-refractivity contribution is 7.71. The molecule has 0 bridgehead atoms. The molecule has 0 saturated carbocycles. The number of piperidine rings is 1. The van der Waals surface area contributed by atoms with Crippen LogP contribution in [-0.4, -0.2) is 38.6 Å². The Labute approximate surface area is 170 Å². The van der Waals surface area contributed by atoms with Crippen molar-refractivity contribution in [3.8, 4) is 17.1 Å². The highest BCUT2D eigenvalue weighted by Gasteiger charge is 2.23. The van der Waals surface area contributed by atoms with E-state index < -0.39 is 0 Å². The van der Waals surface area contributed by atoms with Crippen LogP contribution in [0.15, 0.2) is 48.5 Å². The lowest BCUT2D eigenvalue weighted by atomic mass is 10.1. The van der Waals surface area contributed by atoms with E-state index >= 15 is 0 Å². The third-order valence-corrected chi connectivity index (χ3v) is 5.80. The normalized spacial score (nSPS) is 19.7. The fraction of sp³-hybridized carbons (Fsp3) is 0.364. The highest BCUT2D eigenvalue weighted by Crippen LogP contribution is 2.23. The number of aliphatic hydroxyl groups is 1. The molecule has 0 aliphatic carbocycles. The molecule has 1 fully saturated rings. The first-order valence-electron chi connectivity index (χ1n) is 9.87. The number of rotatable bonds is 4. The van der Waals surface area contributed by atoms with E-state index in [1.165, 1.54) is 16.0 Å². The van der Waals surface area contributed by atoms with E-state index in [4.69, 9.17) is 17.3 Å². The Morgan fingerprint density at radius 1 is 1.07 bits per heavy atom. The predicted octanol–water partition coefficient (Wildman–Crippen LogP) is 2.68. The van der Waals surface area contributed by atoms with Crippen LogP contribution >= 0.6 is 12.2 Å². The second-order valence-electron chi connectivity index (χ2n) is 7.80. The van der Waals surface area contributed by atoms with E-state index in [9.17, 15) is 5.11 Å². The number of hydrogen-bond acceptors (Lipinski definition) is 3. The summed E-state index contributed by atoms with van der Waals surface area (Å²) in [6.07, 6.45) is 1.70. The summed E-state index contributed by atoms with van der Waals surface area (Å²) in [5.74, 6) is 0.853. The van der Waals surface area contributed by atoms with Crippen LogP contribution in [0.4, 0.5) is 0 Å². The molecule has 1 aliphatic rings. The first-order chi connectivity index (χ1) is 13.5. The molecule has 0 amide bonds. The number of aryl methyl sites for hydroxylation is 2. The lowest BCUT2D eigenvalue weighted by Crippen LogP contribution is -3.13. The molecule has 1 saturated heterocycles. The molecule has 146 valence electrons. The Morgan fingerprint density at radius 2 is 1.71 bits per heavy atom. The van der Waals surface area contributed by atoms with Crippen molar-refractivity contribution in [1.29, 1.82) is 0 Å². The predicted molar refractivity (Wildman–Crippen MR) is 113 cm³/mol. The SMILES string of the molecule is Cc1ccc(-c2nn(C[NH+]3CCC[C@H](O)C3)c(=S)n2-c2ccc(C)cc2)cc1. The van der Waals surface area contributed by atoms with Crippen molar-refractivity contribution in [2.45, 2.75) is 39.5 Å². The van der Waals surface area contributed by atoms with Gasteiger partial charge in [0.1, 0.15) is 12.6 Å². The van der Waals surface area contributed by atoms with Gasteiger partial charge in [0.05, 0.1) is 6.54 Å². The van der Waals surface area contributed by atoms with Crippen molar-refractivity contribution in [1.82, 2.24) is 14.3 Å². The zero-order chi connectivity index (χ0) is 19.7. The minimum Gasteiger partial charge on any atom is -0.387 e. The minimum atomic E-state index is -0.228.